The molecule has 0 unspecified atom stereocenters. The molecule has 0 radical (unpaired) electrons. The summed E-state index contributed by atoms with van der Waals surface area (Å²) >= 11 is 1.19. The van der Waals surface area contributed by atoms with Gasteiger partial charge < -0.3 is 10.0 Å². The van der Waals surface area contributed by atoms with E-state index < -0.39 is 5.97 Å². The van der Waals surface area contributed by atoms with Crippen molar-refractivity contribution in [3.8, 4) is 0 Å². The lowest BCUT2D eigenvalue weighted by molar-refractivity contribution is 0.0701. The molecule has 4 aromatic rings. The average molecular weight is 375 g/mol. The molecule has 0 bridgehead atoms. The van der Waals surface area contributed by atoms with Gasteiger partial charge in [0.15, 0.2) is 0 Å². The van der Waals surface area contributed by atoms with Gasteiger partial charge in [-0.15, -0.1) is 11.3 Å². The Morgan fingerprint density at radius 1 is 1.04 bits per heavy atom. The number of hydrogen-bond acceptors (Lipinski definition) is 5. The second-order valence-electron chi connectivity index (χ2n) is 6.15. The molecule has 0 atom stereocenters. The summed E-state index contributed by atoms with van der Waals surface area (Å²) in [5, 5.41) is 10.3. The molecule has 134 valence electrons. The van der Waals surface area contributed by atoms with Crippen molar-refractivity contribution in [3.63, 3.8) is 0 Å². The van der Waals surface area contributed by atoms with Crippen LogP contribution >= 0.6 is 11.3 Å². The molecule has 0 saturated heterocycles. The Morgan fingerprint density at radius 3 is 2.37 bits per heavy atom. The number of anilines is 2. The third-order valence-electron chi connectivity index (χ3n) is 4.41. The number of carboxylic acids is 1. The topological polar surface area (TPSA) is 66.3 Å². The lowest BCUT2D eigenvalue weighted by Crippen LogP contribution is -2.18. The first-order chi connectivity index (χ1) is 13.1. The Hall–Kier alpha value is -3.25. The summed E-state index contributed by atoms with van der Waals surface area (Å²) in [5.74, 6) is -0.216. The molecule has 2 aromatic heterocycles. The molecule has 0 fully saturated rings. The van der Waals surface area contributed by atoms with Crippen LogP contribution in [0.3, 0.4) is 0 Å². The standard InChI is InChI=1S/C21H17N3O2S/c1-14-17-19(22-13-23-20(17)27-18(14)21(25)26)24(16-10-6-3-7-11-16)12-15-8-4-2-5-9-15/h2-11,13H,12H2,1H3,(H,25,26). The quantitative estimate of drug-likeness (QED) is 0.529. The van der Waals surface area contributed by atoms with E-state index in [9.17, 15) is 9.90 Å². The van der Waals surface area contributed by atoms with Crippen LogP contribution in [-0.2, 0) is 6.54 Å². The molecule has 2 heterocycles. The van der Waals surface area contributed by atoms with Crippen LogP contribution in [-0.4, -0.2) is 21.0 Å². The Kier molecular flexibility index (Phi) is 4.56. The van der Waals surface area contributed by atoms with Crippen molar-refractivity contribution in [2.45, 2.75) is 13.5 Å². The van der Waals surface area contributed by atoms with Crippen LogP contribution in [0.1, 0.15) is 20.8 Å². The number of aromatic nitrogens is 2. The number of benzene rings is 2. The minimum Gasteiger partial charge on any atom is -0.477 e. The predicted molar refractivity (Wildman–Crippen MR) is 108 cm³/mol. The van der Waals surface area contributed by atoms with E-state index in [2.05, 4.69) is 27.0 Å². The number of thiophene rings is 1. The summed E-state index contributed by atoms with van der Waals surface area (Å²) in [6.07, 6.45) is 1.50. The lowest BCUT2D eigenvalue weighted by atomic mass is 10.1. The van der Waals surface area contributed by atoms with Crippen molar-refractivity contribution in [3.05, 3.63) is 83.0 Å². The highest BCUT2D eigenvalue weighted by Crippen LogP contribution is 2.38. The van der Waals surface area contributed by atoms with Gasteiger partial charge in [0.2, 0.25) is 0 Å². The molecule has 27 heavy (non-hydrogen) atoms. The number of nitrogens with zero attached hydrogens (tertiary/aromatic N) is 3. The van der Waals surface area contributed by atoms with Gasteiger partial charge in [-0.05, 0) is 30.2 Å². The Morgan fingerprint density at radius 2 is 1.70 bits per heavy atom. The fourth-order valence-electron chi connectivity index (χ4n) is 3.12. The zero-order valence-corrected chi connectivity index (χ0v) is 15.5. The minimum atomic E-state index is -0.934. The smallest absolute Gasteiger partial charge is 0.346 e. The van der Waals surface area contributed by atoms with Crippen molar-refractivity contribution < 1.29 is 9.90 Å². The van der Waals surface area contributed by atoms with Gasteiger partial charge in [-0.2, -0.15) is 0 Å². The number of aryl methyl sites for hydroxylation is 1. The molecule has 1 N–H and O–H groups in total. The number of aromatic carboxylic acids is 1. The number of carboxylic acid groups (broad SMARTS) is 1. The van der Waals surface area contributed by atoms with Crippen molar-refractivity contribution in [2.75, 3.05) is 4.90 Å². The normalized spacial score (nSPS) is 10.9. The SMILES string of the molecule is Cc1c(C(=O)O)sc2ncnc(N(Cc3ccccc3)c3ccccc3)c12. The summed E-state index contributed by atoms with van der Waals surface area (Å²) < 4.78 is 0. The van der Waals surface area contributed by atoms with Crippen LogP contribution in [0.5, 0.6) is 0 Å². The molecule has 0 aliphatic carbocycles. The number of hydrogen-bond donors (Lipinski definition) is 1. The second kappa shape index (κ2) is 7.17. The van der Waals surface area contributed by atoms with Crippen LogP contribution < -0.4 is 4.90 Å². The first kappa shape index (κ1) is 17.2. The van der Waals surface area contributed by atoms with E-state index in [4.69, 9.17) is 0 Å². The van der Waals surface area contributed by atoms with Gasteiger partial charge in [0, 0.05) is 12.2 Å². The summed E-state index contributed by atoms with van der Waals surface area (Å²) in [5.41, 5.74) is 2.83. The van der Waals surface area contributed by atoms with E-state index in [1.807, 2.05) is 55.5 Å². The van der Waals surface area contributed by atoms with Gasteiger partial charge in [0.1, 0.15) is 21.9 Å². The first-order valence-corrected chi connectivity index (χ1v) is 9.30. The molecule has 6 heteroatoms. The highest BCUT2D eigenvalue weighted by atomic mass is 32.1. The van der Waals surface area contributed by atoms with E-state index in [0.29, 0.717) is 21.8 Å². The summed E-state index contributed by atoms with van der Waals surface area (Å²) in [7, 11) is 0. The van der Waals surface area contributed by atoms with E-state index in [1.54, 1.807) is 0 Å². The minimum absolute atomic E-state index is 0.305. The fraction of sp³-hybridized carbons (Fsp3) is 0.0952. The molecular formula is C21H17N3O2S. The summed E-state index contributed by atoms with van der Waals surface area (Å²) in [6, 6.07) is 20.1. The van der Waals surface area contributed by atoms with Crippen molar-refractivity contribution >= 4 is 39.0 Å². The number of fused-ring (bicyclic) bond motifs is 1. The van der Waals surface area contributed by atoms with E-state index >= 15 is 0 Å². The maximum absolute atomic E-state index is 11.6. The first-order valence-electron chi connectivity index (χ1n) is 8.49. The second-order valence-corrected chi connectivity index (χ2v) is 7.15. The highest BCUT2D eigenvalue weighted by molar-refractivity contribution is 7.20. The maximum Gasteiger partial charge on any atom is 0.346 e. The largest absolute Gasteiger partial charge is 0.477 e. The molecule has 0 aliphatic rings. The monoisotopic (exact) mass is 375 g/mol. The maximum atomic E-state index is 11.6. The van der Waals surface area contributed by atoms with E-state index in [1.165, 1.54) is 17.7 Å². The van der Waals surface area contributed by atoms with Gasteiger partial charge in [-0.3, -0.25) is 0 Å². The van der Waals surface area contributed by atoms with Gasteiger partial charge in [0.25, 0.3) is 0 Å². The van der Waals surface area contributed by atoms with Gasteiger partial charge >= 0.3 is 5.97 Å². The van der Waals surface area contributed by atoms with Crippen molar-refractivity contribution in [2.24, 2.45) is 0 Å². The fourth-order valence-corrected chi connectivity index (χ4v) is 4.11. The molecule has 0 aliphatic heterocycles. The van der Waals surface area contributed by atoms with Gasteiger partial charge in [-0.1, -0.05) is 48.5 Å². The Balaban J connectivity index is 1.91. The Bertz CT molecular complexity index is 1090. The molecule has 5 nitrogen and oxygen atoms in total. The third kappa shape index (κ3) is 3.27. The third-order valence-corrected chi connectivity index (χ3v) is 5.60. The van der Waals surface area contributed by atoms with Gasteiger partial charge in [-0.25, -0.2) is 14.8 Å². The molecule has 4 rings (SSSR count). The van der Waals surface area contributed by atoms with Crippen molar-refractivity contribution in [1.82, 2.24) is 9.97 Å². The number of rotatable bonds is 5. The van der Waals surface area contributed by atoms with Crippen molar-refractivity contribution in [1.29, 1.82) is 0 Å². The highest BCUT2D eigenvalue weighted by Gasteiger charge is 2.22. The summed E-state index contributed by atoms with van der Waals surface area (Å²) in [6.45, 7) is 2.44. The Labute approximate surface area is 160 Å². The molecular weight excluding hydrogens is 358 g/mol. The molecule has 0 spiro atoms. The van der Waals surface area contributed by atoms with Gasteiger partial charge in [0.05, 0.1) is 5.39 Å². The summed E-state index contributed by atoms with van der Waals surface area (Å²) in [4.78, 5) is 23.5. The lowest BCUT2D eigenvalue weighted by Gasteiger charge is -2.25. The number of para-hydroxylation sites is 1. The van der Waals surface area contributed by atoms with Crippen LogP contribution in [0.2, 0.25) is 0 Å². The molecule has 0 amide bonds. The zero-order chi connectivity index (χ0) is 18.8. The van der Waals surface area contributed by atoms with E-state index in [-0.39, 0.29) is 0 Å². The average Bonchev–Trinajstić information content (AvgIpc) is 3.05. The van der Waals surface area contributed by atoms with Crippen LogP contribution in [0.15, 0.2) is 67.0 Å². The van der Waals surface area contributed by atoms with Crippen LogP contribution in [0, 0.1) is 6.92 Å². The van der Waals surface area contributed by atoms with Crippen LogP contribution in [0.25, 0.3) is 10.2 Å². The molecule has 2 aromatic carbocycles. The van der Waals surface area contributed by atoms with Crippen LogP contribution in [0.4, 0.5) is 11.5 Å². The molecule has 0 saturated carbocycles. The predicted octanol–water partition coefficient (Wildman–Crippen LogP) is 5.04. The zero-order valence-electron chi connectivity index (χ0n) is 14.7. The van der Waals surface area contributed by atoms with E-state index in [0.717, 1.165) is 22.5 Å². The number of carbonyl (C=O) groups is 1.